The number of carbonyl (C=O) groups excluding carboxylic acids is 1. The average molecular weight is 206 g/mol. The van der Waals surface area contributed by atoms with Gasteiger partial charge in [-0.15, -0.1) is 0 Å². The van der Waals surface area contributed by atoms with Gasteiger partial charge in [0.1, 0.15) is 0 Å². The van der Waals surface area contributed by atoms with E-state index in [-0.39, 0.29) is 5.97 Å². The highest BCUT2D eigenvalue weighted by molar-refractivity contribution is 5.82. The molecule has 1 aliphatic carbocycles. The molecule has 0 saturated heterocycles. The second-order valence-corrected chi connectivity index (χ2v) is 3.76. The van der Waals surface area contributed by atoms with Gasteiger partial charge in [0.2, 0.25) is 0 Å². The van der Waals surface area contributed by atoms with Gasteiger partial charge in [0.05, 0.1) is 13.7 Å². The van der Waals surface area contributed by atoms with Crippen molar-refractivity contribution in [2.24, 2.45) is 0 Å². The van der Waals surface area contributed by atoms with Crippen LogP contribution in [0.25, 0.3) is 0 Å². The third kappa shape index (κ3) is 2.18. The zero-order valence-electron chi connectivity index (χ0n) is 8.73. The number of hydrogen-bond acceptors (Lipinski definition) is 3. The first-order valence-electron chi connectivity index (χ1n) is 5.03. The Bertz CT molecular complexity index is 341. The maximum Gasteiger partial charge on any atom is 0.338 e. The van der Waals surface area contributed by atoms with Crippen molar-refractivity contribution in [3.8, 4) is 0 Å². The standard InChI is InChI=1S/C12H14O3/c1-14-11(13)12(7-8-12)15-9-10-5-3-2-4-6-10/h2-6H,7-9H2,1H3. The van der Waals surface area contributed by atoms with Gasteiger partial charge in [0.25, 0.3) is 0 Å². The minimum Gasteiger partial charge on any atom is -0.467 e. The molecule has 15 heavy (non-hydrogen) atoms. The molecule has 0 heterocycles. The number of esters is 1. The van der Waals surface area contributed by atoms with Crippen molar-refractivity contribution in [2.75, 3.05) is 7.11 Å². The fourth-order valence-corrected chi connectivity index (χ4v) is 1.50. The van der Waals surface area contributed by atoms with Crippen LogP contribution in [0.5, 0.6) is 0 Å². The fraction of sp³-hybridized carbons (Fsp3) is 0.417. The van der Waals surface area contributed by atoms with E-state index < -0.39 is 5.60 Å². The molecule has 1 aromatic carbocycles. The van der Waals surface area contributed by atoms with Crippen LogP contribution in [0.2, 0.25) is 0 Å². The molecule has 3 heteroatoms. The van der Waals surface area contributed by atoms with Gasteiger partial charge in [0, 0.05) is 0 Å². The van der Waals surface area contributed by atoms with Crippen LogP contribution in [0.4, 0.5) is 0 Å². The number of carbonyl (C=O) groups is 1. The van der Waals surface area contributed by atoms with Gasteiger partial charge in [-0.1, -0.05) is 30.3 Å². The smallest absolute Gasteiger partial charge is 0.338 e. The van der Waals surface area contributed by atoms with Crippen LogP contribution in [-0.2, 0) is 20.9 Å². The molecule has 1 aliphatic rings. The summed E-state index contributed by atoms with van der Waals surface area (Å²) in [7, 11) is 1.40. The molecule has 0 bridgehead atoms. The van der Waals surface area contributed by atoms with Crippen molar-refractivity contribution >= 4 is 5.97 Å². The predicted molar refractivity (Wildman–Crippen MR) is 55.2 cm³/mol. The largest absolute Gasteiger partial charge is 0.467 e. The Balaban J connectivity index is 1.91. The molecule has 1 fully saturated rings. The summed E-state index contributed by atoms with van der Waals surface area (Å²) in [5.74, 6) is -0.251. The van der Waals surface area contributed by atoms with Crippen LogP contribution < -0.4 is 0 Å². The maximum atomic E-state index is 11.4. The van der Waals surface area contributed by atoms with Crippen LogP contribution >= 0.6 is 0 Å². The van der Waals surface area contributed by atoms with Gasteiger partial charge in [-0.3, -0.25) is 0 Å². The molecule has 0 amide bonds. The van der Waals surface area contributed by atoms with Crippen LogP contribution in [0.3, 0.4) is 0 Å². The van der Waals surface area contributed by atoms with Crippen LogP contribution in [0, 0.1) is 0 Å². The van der Waals surface area contributed by atoms with Gasteiger partial charge in [-0.05, 0) is 18.4 Å². The molecule has 2 rings (SSSR count). The molecule has 1 aromatic rings. The maximum absolute atomic E-state index is 11.4. The van der Waals surface area contributed by atoms with Crippen LogP contribution in [0.1, 0.15) is 18.4 Å². The van der Waals surface area contributed by atoms with Gasteiger partial charge in [-0.2, -0.15) is 0 Å². The minimum atomic E-state index is -0.648. The first-order valence-corrected chi connectivity index (χ1v) is 5.03. The molecule has 0 unspecified atom stereocenters. The predicted octanol–water partition coefficient (Wildman–Crippen LogP) is 1.91. The zero-order valence-corrected chi connectivity index (χ0v) is 8.73. The summed E-state index contributed by atoms with van der Waals surface area (Å²) in [5.41, 5.74) is 0.428. The molecule has 1 saturated carbocycles. The minimum absolute atomic E-state index is 0.251. The van der Waals surface area contributed by atoms with E-state index in [2.05, 4.69) is 0 Å². The third-order valence-corrected chi connectivity index (χ3v) is 2.62. The quantitative estimate of drug-likeness (QED) is 0.706. The number of benzene rings is 1. The lowest BCUT2D eigenvalue weighted by Gasteiger charge is -2.13. The Morgan fingerprint density at radius 3 is 2.53 bits per heavy atom. The lowest BCUT2D eigenvalue weighted by molar-refractivity contribution is -0.158. The Hall–Kier alpha value is -1.35. The summed E-state index contributed by atoms with van der Waals surface area (Å²) < 4.78 is 10.3. The first kappa shape index (κ1) is 10.2. The molecule has 0 N–H and O–H groups in total. The van der Waals surface area contributed by atoms with E-state index in [4.69, 9.17) is 9.47 Å². The average Bonchev–Trinajstić information content (AvgIpc) is 3.08. The van der Waals surface area contributed by atoms with Crippen molar-refractivity contribution in [1.82, 2.24) is 0 Å². The van der Waals surface area contributed by atoms with E-state index in [9.17, 15) is 4.79 Å². The van der Waals surface area contributed by atoms with Crippen molar-refractivity contribution in [3.63, 3.8) is 0 Å². The Labute approximate surface area is 89.0 Å². The molecule has 0 atom stereocenters. The van der Waals surface area contributed by atoms with E-state index >= 15 is 0 Å². The summed E-state index contributed by atoms with van der Waals surface area (Å²) in [4.78, 5) is 11.4. The summed E-state index contributed by atoms with van der Waals surface area (Å²) in [5, 5.41) is 0. The van der Waals surface area contributed by atoms with Crippen molar-refractivity contribution in [2.45, 2.75) is 25.0 Å². The summed E-state index contributed by atoms with van der Waals surface area (Å²) in [6.45, 7) is 0.468. The summed E-state index contributed by atoms with van der Waals surface area (Å²) >= 11 is 0. The topological polar surface area (TPSA) is 35.5 Å². The molecular formula is C12H14O3. The lowest BCUT2D eigenvalue weighted by Crippen LogP contribution is -2.27. The van der Waals surface area contributed by atoms with Crippen molar-refractivity contribution in [1.29, 1.82) is 0 Å². The van der Waals surface area contributed by atoms with Gasteiger partial charge >= 0.3 is 5.97 Å². The van der Waals surface area contributed by atoms with E-state index in [1.807, 2.05) is 30.3 Å². The zero-order chi connectivity index (χ0) is 10.7. The Kier molecular flexibility index (Phi) is 2.73. The molecule has 0 aliphatic heterocycles. The molecule has 80 valence electrons. The molecule has 0 radical (unpaired) electrons. The van der Waals surface area contributed by atoms with E-state index in [0.29, 0.717) is 6.61 Å². The number of hydrogen-bond donors (Lipinski definition) is 0. The van der Waals surface area contributed by atoms with Gasteiger partial charge in [-0.25, -0.2) is 4.79 Å². The molecule has 0 aromatic heterocycles. The fourth-order valence-electron chi connectivity index (χ4n) is 1.50. The normalized spacial score (nSPS) is 17.1. The Morgan fingerprint density at radius 2 is 2.00 bits per heavy atom. The highest BCUT2D eigenvalue weighted by Crippen LogP contribution is 2.41. The number of methoxy groups -OCH3 is 1. The summed E-state index contributed by atoms with van der Waals surface area (Å²) in [6, 6.07) is 9.82. The molecule has 0 spiro atoms. The number of ether oxygens (including phenoxy) is 2. The lowest BCUT2D eigenvalue weighted by atomic mass is 10.2. The van der Waals surface area contributed by atoms with Gasteiger partial charge in [0.15, 0.2) is 5.60 Å². The molecular weight excluding hydrogens is 192 g/mol. The second kappa shape index (κ2) is 4.03. The first-order chi connectivity index (χ1) is 7.27. The van der Waals surface area contributed by atoms with E-state index in [1.165, 1.54) is 7.11 Å². The van der Waals surface area contributed by atoms with E-state index in [0.717, 1.165) is 18.4 Å². The third-order valence-electron chi connectivity index (χ3n) is 2.62. The number of rotatable bonds is 4. The van der Waals surface area contributed by atoms with Crippen LogP contribution in [-0.4, -0.2) is 18.7 Å². The van der Waals surface area contributed by atoms with Crippen LogP contribution in [0.15, 0.2) is 30.3 Å². The van der Waals surface area contributed by atoms with Gasteiger partial charge < -0.3 is 9.47 Å². The van der Waals surface area contributed by atoms with Crippen molar-refractivity contribution in [3.05, 3.63) is 35.9 Å². The summed E-state index contributed by atoms with van der Waals surface area (Å²) in [6.07, 6.45) is 1.54. The van der Waals surface area contributed by atoms with E-state index in [1.54, 1.807) is 0 Å². The highest BCUT2D eigenvalue weighted by atomic mass is 16.6. The monoisotopic (exact) mass is 206 g/mol. The molecule has 3 nitrogen and oxygen atoms in total. The Morgan fingerprint density at radius 1 is 1.33 bits per heavy atom. The van der Waals surface area contributed by atoms with Crippen molar-refractivity contribution < 1.29 is 14.3 Å². The highest BCUT2D eigenvalue weighted by Gasteiger charge is 2.52. The second-order valence-electron chi connectivity index (χ2n) is 3.76. The SMILES string of the molecule is COC(=O)C1(OCc2ccccc2)CC1.